The summed E-state index contributed by atoms with van der Waals surface area (Å²) in [6.45, 7) is 6.54. The Morgan fingerprint density at radius 3 is 2.48 bits per heavy atom. The Hall–Kier alpha value is -2.02. The third kappa shape index (κ3) is 6.57. The van der Waals surface area contributed by atoms with Crippen LogP contribution in [0.2, 0.25) is 0 Å². The van der Waals surface area contributed by atoms with Gasteiger partial charge in [-0.1, -0.05) is 18.2 Å². The van der Waals surface area contributed by atoms with Gasteiger partial charge in [0.1, 0.15) is 11.5 Å². The van der Waals surface area contributed by atoms with Crippen LogP contribution in [0.25, 0.3) is 0 Å². The number of nitrogens with one attached hydrogen (secondary N) is 1. The number of amides is 1. The zero-order valence-electron chi connectivity index (χ0n) is 15.6. The first kappa shape index (κ1) is 19.7. The van der Waals surface area contributed by atoms with Gasteiger partial charge in [-0.3, -0.25) is 9.69 Å². The molecule has 27 heavy (non-hydrogen) atoms. The van der Waals surface area contributed by atoms with Crippen molar-refractivity contribution in [2.45, 2.75) is 12.2 Å². The molecule has 1 aliphatic heterocycles. The molecule has 1 unspecified atom stereocenters. The molecule has 3 rings (SSSR count). The lowest BCUT2D eigenvalue weighted by Gasteiger charge is -2.26. The minimum atomic E-state index is -0.0914. The first-order chi connectivity index (χ1) is 13.2. The molecule has 0 radical (unpaired) electrons. The van der Waals surface area contributed by atoms with Crippen LogP contribution in [0.5, 0.6) is 11.5 Å². The van der Waals surface area contributed by atoms with E-state index in [2.05, 4.69) is 10.2 Å². The monoisotopic (exact) mass is 386 g/mol. The first-order valence-corrected chi connectivity index (χ1v) is 10.3. The summed E-state index contributed by atoms with van der Waals surface area (Å²) in [5, 5.41) is 2.88. The van der Waals surface area contributed by atoms with Gasteiger partial charge in [0, 0.05) is 31.1 Å². The van der Waals surface area contributed by atoms with Crippen molar-refractivity contribution in [2.24, 2.45) is 0 Å². The molecular weight excluding hydrogens is 360 g/mol. The van der Waals surface area contributed by atoms with Gasteiger partial charge in [0.05, 0.1) is 18.5 Å². The van der Waals surface area contributed by atoms with Crippen LogP contribution in [0.15, 0.2) is 54.6 Å². The highest BCUT2D eigenvalue weighted by molar-refractivity contribution is 8.00. The second-order valence-electron chi connectivity index (χ2n) is 6.40. The maximum Gasteiger partial charge on any atom is 0.237 e. The van der Waals surface area contributed by atoms with Crippen molar-refractivity contribution in [1.82, 2.24) is 4.90 Å². The minimum absolute atomic E-state index is 0.0266. The number of para-hydroxylation sites is 1. The Morgan fingerprint density at radius 2 is 1.78 bits per heavy atom. The highest BCUT2D eigenvalue weighted by atomic mass is 32.2. The average Bonchev–Trinajstić information content (AvgIpc) is 2.71. The minimum Gasteiger partial charge on any atom is -0.457 e. The van der Waals surface area contributed by atoms with Crippen LogP contribution in [0.1, 0.15) is 6.92 Å². The second-order valence-corrected chi connectivity index (χ2v) is 7.84. The first-order valence-electron chi connectivity index (χ1n) is 9.26. The van der Waals surface area contributed by atoms with Gasteiger partial charge in [0.2, 0.25) is 5.91 Å². The van der Waals surface area contributed by atoms with Crippen LogP contribution in [-0.4, -0.2) is 54.7 Å². The normalized spacial score (nSPS) is 15.9. The summed E-state index contributed by atoms with van der Waals surface area (Å²) in [5.74, 6) is 2.50. The molecule has 0 spiro atoms. The van der Waals surface area contributed by atoms with E-state index in [0.717, 1.165) is 55.8 Å². The summed E-state index contributed by atoms with van der Waals surface area (Å²) in [6, 6.07) is 17.1. The molecule has 2 aromatic carbocycles. The van der Waals surface area contributed by atoms with E-state index in [0.29, 0.717) is 0 Å². The van der Waals surface area contributed by atoms with Gasteiger partial charge in [0.15, 0.2) is 0 Å². The van der Waals surface area contributed by atoms with Crippen molar-refractivity contribution >= 4 is 23.4 Å². The number of hydrogen-bond donors (Lipinski definition) is 1. The zero-order chi connectivity index (χ0) is 18.9. The van der Waals surface area contributed by atoms with Gasteiger partial charge in [-0.2, -0.15) is 0 Å². The number of thioether (sulfide) groups is 1. The van der Waals surface area contributed by atoms with Gasteiger partial charge in [0.25, 0.3) is 0 Å². The Balaban J connectivity index is 1.41. The summed E-state index contributed by atoms with van der Waals surface area (Å²) in [5.41, 5.74) is 0.779. The van der Waals surface area contributed by atoms with E-state index < -0.39 is 0 Å². The highest BCUT2D eigenvalue weighted by Gasteiger charge is 2.15. The molecule has 0 aliphatic carbocycles. The second kappa shape index (κ2) is 10.3. The molecular formula is C21H26N2O3S. The Bertz CT molecular complexity index is 703. The van der Waals surface area contributed by atoms with Crippen LogP contribution in [0.4, 0.5) is 5.69 Å². The number of carbonyl (C=O) groups is 1. The molecule has 1 atom stereocenters. The van der Waals surface area contributed by atoms with E-state index in [1.807, 2.05) is 61.5 Å². The van der Waals surface area contributed by atoms with Gasteiger partial charge in [-0.15, -0.1) is 11.8 Å². The molecule has 1 fully saturated rings. The van der Waals surface area contributed by atoms with Gasteiger partial charge < -0.3 is 14.8 Å². The van der Waals surface area contributed by atoms with Crippen molar-refractivity contribution in [1.29, 1.82) is 0 Å². The smallest absolute Gasteiger partial charge is 0.237 e. The Morgan fingerprint density at radius 1 is 1.11 bits per heavy atom. The fraction of sp³-hybridized carbons (Fsp3) is 0.381. The lowest BCUT2D eigenvalue weighted by Crippen LogP contribution is -2.38. The third-order valence-corrected chi connectivity index (χ3v) is 5.48. The number of anilines is 1. The van der Waals surface area contributed by atoms with Gasteiger partial charge >= 0.3 is 0 Å². The van der Waals surface area contributed by atoms with E-state index in [4.69, 9.17) is 9.47 Å². The summed E-state index contributed by atoms with van der Waals surface area (Å²) >= 11 is 1.68. The highest BCUT2D eigenvalue weighted by Crippen LogP contribution is 2.23. The number of morpholine rings is 1. The maximum atomic E-state index is 12.4. The van der Waals surface area contributed by atoms with E-state index in [1.54, 1.807) is 11.8 Å². The van der Waals surface area contributed by atoms with Crippen LogP contribution >= 0.6 is 11.8 Å². The molecule has 0 bridgehead atoms. The van der Waals surface area contributed by atoms with E-state index in [9.17, 15) is 4.79 Å². The molecule has 1 aliphatic rings. The maximum absolute atomic E-state index is 12.4. The van der Waals surface area contributed by atoms with Crippen molar-refractivity contribution in [3.05, 3.63) is 54.6 Å². The average molecular weight is 387 g/mol. The lowest BCUT2D eigenvalue weighted by molar-refractivity contribution is -0.115. The van der Waals surface area contributed by atoms with Crippen LogP contribution in [-0.2, 0) is 9.53 Å². The molecule has 0 aromatic heterocycles. The molecule has 6 heteroatoms. The third-order valence-electron chi connectivity index (χ3n) is 4.35. The van der Waals surface area contributed by atoms with Crippen LogP contribution in [0.3, 0.4) is 0 Å². The summed E-state index contributed by atoms with van der Waals surface area (Å²) in [6.07, 6.45) is 0. The number of benzene rings is 2. The topological polar surface area (TPSA) is 50.8 Å². The van der Waals surface area contributed by atoms with Gasteiger partial charge in [-0.05, 0) is 43.3 Å². The van der Waals surface area contributed by atoms with E-state index in [-0.39, 0.29) is 11.2 Å². The molecule has 1 N–H and O–H groups in total. The van der Waals surface area contributed by atoms with Crippen molar-refractivity contribution in [3.8, 4) is 11.5 Å². The predicted molar refractivity (Wildman–Crippen MR) is 111 cm³/mol. The SMILES string of the molecule is CC(SCCN1CCOCC1)C(=O)Nc1ccc(Oc2ccccc2)cc1. The predicted octanol–water partition coefficient (Wildman–Crippen LogP) is 3.87. The number of nitrogens with zero attached hydrogens (tertiary/aromatic N) is 1. The van der Waals surface area contributed by atoms with Crippen molar-refractivity contribution in [2.75, 3.05) is 43.9 Å². The number of ether oxygens (including phenoxy) is 2. The standard InChI is InChI=1S/C21H26N2O3S/c1-17(27-16-13-23-11-14-25-15-12-23)21(24)22-18-7-9-20(10-8-18)26-19-5-3-2-4-6-19/h2-10,17H,11-16H2,1H3,(H,22,24). The molecule has 1 amide bonds. The number of carbonyl (C=O) groups excluding carboxylic acids is 1. The van der Waals surface area contributed by atoms with E-state index >= 15 is 0 Å². The molecule has 1 saturated heterocycles. The van der Waals surface area contributed by atoms with Crippen molar-refractivity contribution < 1.29 is 14.3 Å². The number of hydrogen-bond acceptors (Lipinski definition) is 5. The molecule has 5 nitrogen and oxygen atoms in total. The van der Waals surface area contributed by atoms with Crippen molar-refractivity contribution in [3.63, 3.8) is 0 Å². The molecule has 1 heterocycles. The number of rotatable bonds is 8. The van der Waals surface area contributed by atoms with E-state index in [1.165, 1.54) is 0 Å². The largest absolute Gasteiger partial charge is 0.457 e. The van der Waals surface area contributed by atoms with Gasteiger partial charge in [-0.25, -0.2) is 0 Å². The van der Waals surface area contributed by atoms with Crippen LogP contribution in [0, 0.1) is 0 Å². The molecule has 2 aromatic rings. The summed E-state index contributed by atoms with van der Waals surface area (Å²) in [4.78, 5) is 14.8. The fourth-order valence-electron chi connectivity index (χ4n) is 2.73. The molecule has 0 saturated carbocycles. The Labute approximate surface area is 165 Å². The molecule has 144 valence electrons. The lowest BCUT2D eigenvalue weighted by atomic mass is 10.3. The zero-order valence-corrected chi connectivity index (χ0v) is 16.4. The van der Waals surface area contributed by atoms with Crippen LogP contribution < -0.4 is 10.1 Å². The Kier molecular flexibility index (Phi) is 7.56. The fourth-order valence-corrected chi connectivity index (χ4v) is 3.66. The summed E-state index contributed by atoms with van der Waals surface area (Å²) in [7, 11) is 0. The quantitative estimate of drug-likeness (QED) is 0.746. The summed E-state index contributed by atoms with van der Waals surface area (Å²) < 4.78 is 11.1.